The standard InChI is InChI=1S/C15H12INO/c16-13-8-6-11(7-9-13)14-10-15(18-17-14)12-4-2-1-3-5-12/h1-9,15H,10H2. The van der Waals surface area contributed by atoms with Gasteiger partial charge in [0, 0.05) is 9.99 Å². The van der Waals surface area contributed by atoms with Gasteiger partial charge in [-0.2, -0.15) is 0 Å². The number of hydrogen-bond acceptors (Lipinski definition) is 2. The molecule has 0 fully saturated rings. The van der Waals surface area contributed by atoms with Crippen molar-refractivity contribution in [3.8, 4) is 0 Å². The Hall–Kier alpha value is -1.36. The Bertz CT molecular complexity index is 563. The average molecular weight is 349 g/mol. The monoisotopic (exact) mass is 349 g/mol. The van der Waals surface area contributed by atoms with Crippen LogP contribution in [0.25, 0.3) is 0 Å². The van der Waals surface area contributed by atoms with Crippen molar-refractivity contribution in [1.29, 1.82) is 0 Å². The Kier molecular flexibility index (Phi) is 3.32. The summed E-state index contributed by atoms with van der Waals surface area (Å²) < 4.78 is 1.23. The van der Waals surface area contributed by atoms with Gasteiger partial charge in [-0.1, -0.05) is 47.6 Å². The molecule has 1 unspecified atom stereocenters. The normalized spacial score (nSPS) is 18.3. The molecule has 90 valence electrons. The minimum Gasteiger partial charge on any atom is -0.387 e. The summed E-state index contributed by atoms with van der Waals surface area (Å²) in [6.45, 7) is 0. The van der Waals surface area contributed by atoms with Gasteiger partial charge >= 0.3 is 0 Å². The summed E-state index contributed by atoms with van der Waals surface area (Å²) in [4.78, 5) is 5.52. The summed E-state index contributed by atoms with van der Waals surface area (Å²) in [6.07, 6.45) is 0.894. The fourth-order valence-corrected chi connectivity index (χ4v) is 2.40. The molecule has 0 spiro atoms. The highest BCUT2D eigenvalue weighted by molar-refractivity contribution is 14.1. The first-order chi connectivity index (χ1) is 8.83. The van der Waals surface area contributed by atoms with Crippen molar-refractivity contribution in [2.75, 3.05) is 0 Å². The number of benzene rings is 2. The zero-order chi connectivity index (χ0) is 12.4. The SMILES string of the molecule is Ic1ccc(C2=NOC(c3ccccc3)C2)cc1. The van der Waals surface area contributed by atoms with Crippen LogP contribution < -0.4 is 0 Å². The highest BCUT2D eigenvalue weighted by Crippen LogP contribution is 2.29. The summed E-state index contributed by atoms with van der Waals surface area (Å²) in [7, 11) is 0. The average Bonchev–Trinajstić information content (AvgIpc) is 2.90. The molecule has 0 radical (unpaired) electrons. The van der Waals surface area contributed by atoms with Crippen molar-refractivity contribution in [3.63, 3.8) is 0 Å². The molecular formula is C15H12INO. The van der Waals surface area contributed by atoms with Crippen molar-refractivity contribution in [2.24, 2.45) is 5.16 Å². The van der Waals surface area contributed by atoms with Gasteiger partial charge in [0.1, 0.15) is 0 Å². The maximum atomic E-state index is 5.52. The van der Waals surface area contributed by atoms with Crippen LogP contribution in [0.3, 0.4) is 0 Å². The van der Waals surface area contributed by atoms with E-state index in [2.05, 4.69) is 64.1 Å². The highest BCUT2D eigenvalue weighted by Gasteiger charge is 2.23. The summed E-state index contributed by atoms with van der Waals surface area (Å²) in [5, 5.41) is 4.21. The van der Waals surface area contributed by atoms with E-state index in [1.165, 1.54) is 9.13 Å². The van der Waals surface area contributed by atoms with Crippen LogP contribution in [0.1, 0.15) is 23.7 Å². The van der Waals surface area contributed by atoms with Crippen molar-refractivity contribution in [1.82, 2.24) is 0 Å². The van der Waals surface area contributed by atoms with Crippen LogP contribution in [0.2, 0.25) is 0 Å². The van der Waals surface area contributed by atoms with Crippen LogP contribution in [0, 0.1) is 3.57 Å². The highest BCUT2D eigenvalue weighted by atomic mass is 127. The largest absolute Gasteiger partial charge is 0.387 e. The third-order valence-corrected chi connectivity index (χ3v) is 3.74. The second-order valence-electron chi connectivity index (χ2n) is 4.25. The van der Waals surface area contributed by atoms with Gasteiger partial charge in [-0.25, -0.2) is 0 Å². The third-order valence-electron chi connectivity index (χ3n) is 3.02. The van der Waals surface area contributed by atoms with Gasteiger partial charge in [-0.15, -0.1) is 0 Å². The number of rotatable bonds is 2. The van der Waals surface area contributed by atoms with E-state index < -0.39 is 0 Å². The minimum atomic E-state index is 0.0560. The molecule has 0 N–H and O–H groups in total. The summed E-state index contributed by atoms with van der Waals surface area (Å²) >= 11 is 2.30. The van der Waals surface area contributed by atoms with E-state index in [0.717, 1.165) is 17.7 Å². The molecule has 2 aromatic rings. The summed E-state index contributed by atoms with van der Waals surface area (Å²) in [6, 6.07) is 18.6. The maximum absolute atomic E-state index is 5.52. The first-order valence-corrected chi connectivity index (χ1v) is 6.94. The summed E-state index contributed by atoms with van der Waals surface area (Å²) in [5.74, 6) is 0. The van der Waals surface area contributed by atoms with Crippen LogP contribution in [0.5, 0.6) is 0 Å². The van der Waals surface area contributed by atoms with Gasteiger partial charge in [0.2, 0.25) is 0 Å². The molecule has 1 atom stereocenters. The minimum absolute atomic E-state index is 0.0560. The van der Waals surface area contributed by atoms with E-state index in [1.54, 1.807) is 0 Å². The van der Waals surface area contributed by atoms with Crippen LogP contribution in [-0.2, 0) is 4.84 Å². The quantitative estimate of drug-likeness (QED) is 0.747. The lowest BCUT2D eigenvalue weighted by Crippen LogP contribution is -2.01. The fourth-order valence-electron chi connectivity index (χ4n) is 2.04. The molecule has 0 bridgehead atoms. The molecule has 1 heterocycles. The second-order valence-corrected chi connectivity index (χ2v) is 5.50. The second kappa shape index (κ2) is 5.10. The maximum Gasteiger partial charge on any atom is 0.158 e. The van der Waals surface area contributed by atoms with E-state index in [4.69, 9.17) is 4.84 Å². The van der Waals surface area contributed by atoms with Gasteiger partial charge in [0.25, 0.3) is 0 Å². The molecule has 2 aromatic carbocycles. The molecule has 2 nitrogen and oxygen atoms in total. The van der Waals surface area contributed by atoms with Crippen molar-refractivity contribution in [2.45, 2.75) is 12.5 Å². The van der Waals surface area contributed by atoms with E-state index in [9.17, 15) is 0 Å². The van der Waals surface area contributed by atoms with Crippen LogP contribution in [0.4, 0.5) is 0 Å². The van der Waals surface area contributed by atoms with Crippen LogP contribution >= 0.6 is 22.6 Å². The molecule has 18 heavy (non-hydrogen) atoms. The van der Waals surface area contributed by atoms with E-state index >= 15 is 0 Å². The van der Waals surface area contributed by atoms with Crippen molar-refractivity contribution in [3.05, 3.63) is 69.3 Å². The topological polar surface area (TPSA) is 21.6 Å². The van der Waals surface area contributed by atoms with E-state index in [0.29, 0.717) is 0 Å². The van der Waals surface area contributed by atoms with Crippen LogP contribution in [0.15, 0.2) is 59.8 Å². The van der Waals surface area contributed by atoms with Gasteiger partial charge in [0.15, 0.2) is 6.10 Å². The summed E-state index contributed by atoms with van der Waals surface area (Å²) in [5.41, 5.74) is 3.36. The molecular weight excluding hydrogens is 337 g/mol. The van der Waals surface area contributed by atoms with Gasteiger partial charge < -0.3 is 4.84 Å². The Morgan fingerprint density at radius 1 is 1.00 bits per heavy atom. The Morgan fingerprint density at radius 3 is 2.44 bits per heavy atom. The molecule has 1 aliphatic rings. The Balaban J connectivity index is 1.77. The number of oxime groups is 1. The predicted molar refractivity (Wildman–Crippen MR) is 80.6 cm³/mol. The van der Waals surface area contributed by atoms with E-state index in [1.807, 2.05) is 18.2 Å². The molecule has 3 heteroatoms. The van der Waals surface area contributed by atoms with Gasteiger partial charge in [-0.3, -0.25) is 0 Å². The molecule has 0 aliphatic carbocycles. The third kappa shape index (κ3) is 2.41. The van der Waals surface area contributed by atoms with Crippen molar-refractivity contribution < 1.29 is 4.84 Å². The number of hydrogen-bond donors (Lipinski definition) is 0. The number of halogens is 1. The lowest BCUT2D eigenvalue weighted by atomic mass is 10.0. The zero-order valence-corrected chi connectivity index (χ0v) is 11.9. The number of nitrogens with zero attached hydrogens (tertiary/aromatic N) is 1. The zero-order valence-electron chi connectivity index (χ0n) is 9.71. The van der Waals surface area contributed by atoms with Crippen LogP contribution in [-0.4, -0.2) is 5.71 Å². The molecule has 0 aromatic heterocycles. The molecule has 0 amide bonds. The molecule has 1 aliphatic heterocycles. The van der Waals surface area contributed by atoms with Gasteiger partial charge in [0.05, 0.1) is 5.71 Å². The van der Waals surface area contributed by atoms with Crippen molar-refractivity contribution >= 4 is 28.3 Å². The first-order valence-electron chi connectivity index (χ1n) is 5.86. The Morgan fingerprint density at radius 2 is 1.72 bits per heavy atom. The smallest absolute Gasteiger partial charge is 0.158 e. The molecule has 0 saturated heterocycles. The lowest BCUT2D eigenvalue weighted by molar-refractivity contribution is 0.0857. The first kappa shape index (κ1) is 11.7. The van der Waals surface area contributed by atoms with Gasteiger partial charge in [-0.05, 0) is 45.9 Å². The predicted octanol–water partition coefficient (Wildman–Crippen LogP) is 4.16. The fraction of sp³-hybridized carbons (Fsp3) is 0.133. The van der Waals surface area contributed by atoms with E-state index in [-0.39, 0.29) is 6.10 Å². The molecule has 0 saturated carbocycles. The lowest BCUT2D eigenvalue weighted by Gasteiger charge is -2.07. The Labute approximate surface area is 120 Å². The molecule has 3 rings (SSSR count).